The van der Waals surface area contributed by atoms with Crippen LogP contribution in [-0.4, -0.2) is 66.9 Å². The van der Waals surface area contributed by atoms with Gasteiger partial charge in [0, 0.05) is 37.7 Å². The third-order valence-electron chi connectivity index (χ3n) is 6.99. The van der Waals surface area contributed by atoms with Gasteiger partial charge in [-0.3, -0.25) is 14.4 Å². The smallest absolute Gasteiger partial charge is 0.252 e. The SMILES string of the molecule is CCN(CC)C(=O)[C@H](NC(=O)c1cccc(OC)c1)C1CCN(C(=O)C2CCCC2)CC1. The predicted molar refractivity (Wildman–Crippen MR) is 123 cm³/mol. The van der Waals surface area contributed by atoms with Gasteiger partial charge in [-0.1, -0.05) is 18.9 Å². The van der Waals surface area contributed by atoms with Gasteiger partial charge in [-0.15, -0.1) is 0 Å². The molecule has 2 aliphatic rings. The van der Waals surface area contributed by atoms with Crippen LogP contribution in [0.25, 0.3) is 0 Å². The molecular weight excluding hydrogens is 406 g/mol. The van der Waals surface area contributed by atoms with E-state index in [9.17, 15) is 14.4 Å². The van der Waals surface area contributed by atoms with Crippen molar-refractivity contribution in [1.82, 2.24) is 15.1 Å². The van der Waals surface area contributed by atoms with Crippen molar-refractivity contribution in [3.05, 3.63) is 29.8 Å². The number of likely N-dealkylation sites (tertiary alicyclic amines) is 1. The zero-order valence-corrected chi connectivity index (χ0v) is 19.6. The molecule has 1 aliphatic heterocycles. The third kappa shape index (κ3) is 5.61. The number of carbonyl (C=O) groups is 3. The molecule has 3 rings (SSSR count). The Kier molecular flexibility index (Phi) is 8.53. The van der Waals surface area contributed by atoms with Crippen LogP contribution in [0.4, 0.5) is 0 Å². The zero-order valence-electron chi connectivity index (χ0n) is 19.6. The molecule has 7 heteroatoms. The Morgan fingerprint density at radius 3 is 2.34 bits per heavy atom. The van der Waals surface area contributed by atoms with E-state index >= 15 is 0 Å². The fourth-order valence-corrected chi connectivity index (χ4v) is 4.99. The van der Waals surface area contributed by atoms with Gasteiger partial charge in [-0.25, -0.2) is 0 Å². The number of piperidine rings is 1. The summed E-state index contributed by atoms with van der Waals surface area (Å²) < 4.78 is 5.23. The summed E-state index contributed by atoms with van der Waals surface area (Å²) in [4.78, 5) is 42.9. The van der Waals surface area contributed by atoms with Gasteiger partial charge in [0.2, 0.25) is 11.8 Å². The van der Waals surface area contributed by atoms with E-state index in [0.29, 0.717) is 50.3 Å². The first-order valence-corrected chi connectivity index (χ1v) is 12.0. The first kappa shape index (κ1) is 24.1. The average Bonchev–Trinajstić information content (AvgIpc) is 3.38. The van der Waals surface area contributed by atoms with Gasteiger partial charge in [0.05, 0.1) is 7.11 Å². The topological polar surface area (TPSA) is 79.0 Å². The first-order valence-electron chi connectivity index (χ1n) is 12.0. The van der Waals surface area contributed by atoms with Crippen LogP contribution in [0.5, 0.6) is 5.75 Å². The lowest BCUT2D eigenvalue weighted by Crippen LogP contribution is -2.55. The number of benzene rings is 1. The van der Waals surface area contributed by atoms with E-state index in [1.807, 2.05) is 18.7 Å². The summed E-state index contributed by atoms with van der Waals surface area (Å²) in [5.41, 5.74) is 0.468. The van der Waals surface area contributed by atoms with Crippen LogP contribution in [0, 0.1) is 11.8 Å². The van der Waals surface area contributed by atoms with Gasteiger partial charge in [-0.2, -0.15) is 0 Å². The van der Waals surface area contributed by atoms with Crippen LogP contribution >= 0.6 is 0 Å². The number of likely N-dealkylation sites (N-methyl/N-ethyl adjacent to an activating group) is 1. The highest BCUT2D eigenvalue weighted by Crippen LogP contribution is 2.29. The molecule has 0 bridgehead atoms. The lowest BCUT2D eigenvalue weighted by molar-refractivity contribution is -0.138. The fraction of sp³-hybridized carbons (Fsp3) is 0.640. The molecule has 1 aromatic carbocycles. The molecule has 1 heterocycles. The molecule has 0 spiro atoms. The first-order chi connectivity index (χ1) is 15.5. The second-order valence-corrected chi connectivity index (χ2v) is 8.84. The Morgan fingerprint density at radius 2 is 1.75 bits per heavy atom. The largest absolute Gasteiger partial charge is 0.497 e. The predicted octanol–water partition coefficient (Wildman–Crippen LogP) is 3.09. The van der Waals surface area contributed by atoms with Crippen molar-refractivity contribution in [3.8, 4) is 5.75 Å². The van der Waals surface area contributed by atoms with Crippen LogP contribution in [0.15, 0.2) is 24.3 Å². The molecule has 1 aliphatic carbocycles. The van der Waals surface area contributed by atoms with Crippen LogP contribution < -0.4 is 10.1 Å². The number of carbonyl (C=O) groups excluding carboxylic acids is 3. The second-order valence-electron chi connectivity index (χ2n) is 8.84. The maximum absolute atomic E-state index is 13.3. The normalized spacial score (nSPS) is 18.3. The lowest BCUT2D eigenvalue weighted by Gasteiger charge is -2.38. The number of hydrogen-bond donors (Lipinski definition) is 1. The summed E-state index contributed by atoms with van der Waals surface area (Å²) in [5.74, 6) is 0.722. The number of nitrogens with zero attached hydrogens (tertiary/aromatic N) is 2. The van der Waals surface area contributed by atoms with Crippen molar-refractivity contribution in [2.24, 2.45) is 11.8 Å². The molecule has 1 aromatic rings. The maximum atomic E-state index is 13.3. The highest BCUT2D eigenvalue weighted by Gasteiger charge is 2.37. The lowest BCUT2D eigenvalue weighted by atomic mass is 9.87. The minimum Gasteiger partial charge on any atom is -0.497 e. The van der Waals surface area contributed by atoms with Gasteiger partial charge in [0.1, 0.15) is 11.8 Å². The molecule has 176 valence electrons. The number of amides is 3. The van der Waals surface area contributed by atoms with Crippen molar-refractivity contribution >= 4 is 17.7 Å². The Balaban J connectivity index is 1.71. The molecule has 3 amide bonds. The van der Waals surface area contributed by atoms with Crippen LogP contribution in [-0.2, 0) is 9.59 Å². The van der Waals surface area contributed by atoms with E-state index < -0.39 is 6.04 Å². The maximum Gasteiger partial charge on any atom is 0.252 e. The van der Waals surface area contributed by atoms with E-state index in [2.05, 4.69) is 5.32 Å². The molecule has 32 heavy (non-hydrogen) atoms. The Labute approximate surface area is 191 Å². The third-order valence-corrected chi connectivity index (χ3v) is 6.99. The molecule has 0 unspecified atom stereocenters. The van der Waals surface area contributed by atoms with Gasteiger partial charge in [-0.05, 0) is 63.6 Å². The van der Waals surface area contributed by atoms with Crippen molar-refractivity contribution in [3.63, 3.8) is 0 Å². The van der Waals surface area contributed by atoms with Crippen LogP contribution in [0.1, 0.15) is 62.7 Å². The minimum absolute atomic E-state index is 0.00489. The Hall–Kier alpha value is -2.57. The molecule has 7 nitrogen and oxygen atoms in total. The number of rotatable bonds is 8. The quantitative estimate of drug-likeness (QED) is 0.670. The van der Waals surface area contributed by atoms with E-state index in [1.54, 1.807) is 36.3 Å². The molecular formula is C25H37N3O4. The van der Waals surface area contributed by atoms with Crippen molar-refractivity contribution < 1.29 is 19.1 Å². The summed E-state index contributed by atoms with van der Waals surface area (Å²) in [6.07, 6.45) is 5.72. The molecule has 0 aromatic heterocycles. The van der Waals surface area contributed by atoms with Gasteiger partial charge >= 0.3 is 0 Å². The molecule has 0 radical (unpaired) electrons. The Bertz CT molecular complexity index is 794. The monoisotopic (exact) mass is 443 g/mol. The van der Waals surface area contributed by atoms with E-state index in [-0.39, 0.29) is 29.6 Å². The van der Waals surface area contributed by atoms with Crippen molar-refractivity contribution in [2.75, 3.05) is 33.3 Å². The van der Waals surface area contributed by atoms with Gasteiger partial charge < -0.3 is 19.9 Å². The highest BCUT2D eigenvalue weighted by atomic mass is 16.5. The van der Waals surface area contributed by atoms with Gasteiger partial charge in [0.15, 0.2) is 0 Å². The summed E-state index contributed by atoms with van der Waals surface area (Å²) in [5, 5.41) is 3.01. The minimum atomic E-state index is -0.600. The zero-order chi connectivity index (χ0) is 23.1. The summed E-state index contributed by atoms with van der Waals surface area (Å²) in [6, 6.07) is 6.35. The molecule has 1 saturated carbocycles. The molecule has 1 saturated heterocycles. The van der Waals surface area contributed by atoms with Crippen LogP contribution in [0.3, 0.4) is 0 Å². The van der Waals surface area contributed by atoms with E-state index in [4.69, 9.17) is 4.74 Å². The second kappa shape index (κ2) is 11.3. The van der Waals surface area contributed by atoms with E-state index in [1.165, 1.54) is 0 Å². The molecule has 1 atom stereocenters. The number of hydrogen-bond acceptors (Lipinski definition) is 4. The average molecular weight is 444 g/mol. The molecule has 1 N–H and O–H groups in total. The molecule has 2 fully saturated rings. The summed E-state index contributed by atoms with van der Waals surface area (Å²) in [7, 11) is 1.56. The number of methoxy groups -OCH3 is 1. The Morgan fingerprint density at radius 1 is 1.09 bits per heavy atom. The number of ether oxygens (including phenoxy) is 1. The van der Waals surface area contributed by atoms with Gasteiger partial charge in [0.25, 0.3) is 5.91 Å². The standard InChI is InChI=1S/C25H37N3O4/c1-4-27(5-2)25(31)22(26-23(29)20-11-8-12-21(17-20)32-3)18-13-15-28(16-14-18)24(30)19-9-6-7-10-19/h8,11-12,17-19,22H,4-7,9-10,13-16H2,1-3H3,(H,26,29)/t22-/m1/s1. The summed E-state index contributed by atoms with van der Waals surface area (Å²) in [6.45, 7) is 6.39. The van der Waals surface area contributed by atoms with Crippen molar-refractivity contribution in [2.45, 2.75) is 58.4 Å². The fourth-order valence-electron chi connectivity index (χ4n) is 4.99. The number of nitrogens with one attached hydrogen (secondary N) is 1. The summed E-state index contributed by atoms with van der Waals surface area (Å²) >= 11 is 0. The highest BCUT2D eigenvalue weighted by molar-refractivity contribution is 5.98. The van der Waals surface area contributed by atoms with E-state index in [0.717, 1.165) is 25.7 Å². The van der Waals surface area contributed by atoms with Crippen LogP contribution in [0.2, 0.25) is 0 Å². The van der Waals surface area contributed by atoms with Crippen molar-refractivity contribution in [1.29, 1.82) is 0 Å².